The Morgan fingerprint density at radius 1 is 1.43 bits per heavy atom. The summed E-state index contributed by atoms with van der Waals surface area (Å²) in [6.45, 7) is 0. The number of nitrogens with zero attached hydrogens (tertiary/aromatic N) is 1. The zero-order valence-corrected chi connectivity index (χ0v) is 10.1. The zero-order chi connectivity index (χ0) is 10.7. The molecule has 0 fully saturated rings. The first-order chi connectivity index (χ1) is 6.56. The van der Waals surface area contributed by atoms with Crippen molar-refractivity contribution in [2.24, 2.45) is 0 Å². The van der Waals surface area contributed by atoms with Crippen LogP contribution in [0.4, 0.5) is 0 Å². The zero-order valence-electron chi connectivity index (χ0n) is 8.49. The van der Waals surface area contributed by atoms with E-state index in [2.05, 4.69) is 15.9 Å². The highest BCUT2D eigenvalue weighted by Gasteiger charge is 2.15. The van der Waals surface area contributed by atoms with Crippen LogP contribution in [0.3, 0.4) is 0 Å². The Labute approximate surface area is 92.4 Å². The van der Waals surface area contributed by atoms with E-state index in [1.54, 1.807) is 12.0 Å². The average molecular weight is 260 g/mol. The molecule has 78 valence electrons. The summed E-state index contributed by atoms with van der Waals surface area (Å²) < 4.78 is 6.09. The maximum absolute atomic E-state index is 9.86. The summed E-state index contributed by atoms with van der Waals surface area (Å²) in [5.74, 6) is 0.689. The number of rotatable bonds is 3. The minimum Gasteiger partial charge on any atom is -0.496 e. The van der Waals surface area contributed by atoms with Gasteiger partial charge in [-0.2, -0.15) is 0 Å². The molecule has 1 N–H and O–H groups in total. The van der Waals surface area contributed by atoms with Gasteiger partial charge in [-0.1, -0.05) is 15.9 Å². The van der Waals surface area contributed by atoms with Gasteiger partial charge in [0.2, 0.25) is 0 Å². The Hall–Kier alpha value is -0.580. The van der Waals surface area contributed by atoms with Crippen molar-refractivity contribution >= 4 is 15.9 Å². The number of benzene rings is 1. The topological polar surface area (TPSA) is 32.7 Å². The van der Waals surface area contributed by atoms with E-state index < -0.39 is 6.23 Å². The minimum absolute atomic E-state index is 0.651. The first-order valence-corrected chi connectivity index (χ1v) is 5.03. The van der Waals surface area contributed by atoms with Crippen LogP contribution in [-0.4, -0.2) is 31.2 Å². The predicted molar refractivity (Wildman–Crippen MR) is 59.3 cm³/mol. The molecule has 0 radical (unpaired) electrons. The molecule has 0 aliphatic rings. The molecule has 0 heterocycles. The van der Waals surface area contributed by atoms with E-state index >= 15 is 0 Å². The lowest BCUT2D eigenvalue weighted by molar-refractivity contribution is 0.0374. The Bertz CT molecular complexity index is 315. The highest BCUT2D eigenvalue weighted by Crippen LogP contribution is 2.29. The van der Waals surface area contributed by atoms with E-state index in [0.717, 1.165) is 10.0 Å². The van der Waals surface area contributed by atoms with Crippen LogP contribution in [0.5, 0.6) is 5.75 Å². The van der Waals surface area contributed by atoms with Crippen molar-refractivity contribution in [1.82, 2.24) is 4.90 Å². The van der Waals surface area contributed by atoms with Crippen molar-refractivity contribution in [2.45, 2.75) is 6.23 Å². The molecule has 0 bridgehead atoms. The summed E-state index contributed by atoms with van der Waals surface area (Å²) in [4.78, 5) is 1.71. The van der Waals surface area contributed by atoms with E-state index in [9.17, 15) is 5.11 Å². The molecule has 0 saturated carbocycles. The molecular formula is C10H14BrNO2. The van der Waals surface area contributed by atoms with Crippen LogP contribution in [0.25, 0.3) is 0 Å². The van der Waals surface area contributed by atoms with Crippen LogP contribution in [0, 0.1) is 0 Å². The van der Waals surface area contributed by atoms with Gasteiger partial charge in [0.15, 0.2) is 0 Å². The van der Waals surface area contributed by atoms with E-state index in [4.69, 9.17) is 4.74 Å². The van der Waals surface area contributed by atoms with Crippen molar-refractivity contribution in [3.63, 3.8) is 0 Å². The summed E-state index contributed by atoms with van der Waals surface area (Å²) in [7, 11) is 5.21. The third kappa shape index (κ3) is 2.47. The third-order valence-corrected chi connectivity index (χ3v) is 2.45. The number of hydrogen-bond acceptors (Lipinski definition) is 3. The fraction of sp³-hybridized carbons (Fsp3) is 0.400. The molecule has 1 aromatic rings. The van der Waals surface area contributed by atoms with Crippen LogP contribution >= 0.6 is 15.9 Å². The van der Waals surface area contributed by atoms with Crippen LogP contribution in [0.15, 0.2) is 22.7 Å². The highest BCUT2D eigenvalue weighted by molar-refractivity contribution is 9.10. The van der Waals surface area contributed by atoms with E-state index in [0.29, 0.717) is 5.75 Å². The summed E-state index contributed by atoms with van der Waals surface area (Å²) in [6, 6.07) is 5.56. The smallest absolute Gasteiger partial charge is 0.136 e. The van der Waals surface area contributed by atoms with Gasteiger partial charge in [0.05, 0.1) is 7.11 Å². The monoisotopic (exact) mass is 259 g/mol. The number of aliphatic hydroxyl groups is 1. The van der Waals surface area contributed by atoms with Gasteiger partial charge in [0, 0.05) is 10.0 Å². The largest absolute Gasteiger partial charge is 0.496 e. The fourth-order valence-corrected chi connectivity index (χ4v) is 1.56. The second-order valence-corrected chi connectivity index (χ2v) is 4.14. The van der Waals surface area contributed by atoms with Crippen LogP contribution in [0.2, 0.25) is 0 Å². The lowest BCUT2D eigenvalue weighted by Gasteiger charge is -2.21. The first-order valence-electron chi connectivity index (χ1n) is 4.24. The summed E-state index contributed by atoms with van der Waals surface area (Å²) in [6.07, 6.45) is -0.651. The summed E-state index contributed by atoms with van der Waals surface area (Å²) in [5.41, 5.74) is 0.756. The van der Waals surface area contributed by atoms with Crippen molar-refractivity contribution in [1.29, 1.82) is 0 Å². The molecule has 1 aromatic carbocycles. The number of ether oxygens (including phenoxy) is 1. The first kappa shape index (κ1) is 11.5. The Kier molecular flexibility index (Phi) is 3.92. The molecule has 4 heteroatoms. The Balaban J connectivity index is 3.10. The van der Waals surface area contributed by atoms with Gasteiger partial charge in [0.1, 0.15) is 12.0 Å². The SMILES string of the molecule is COc1ccc(Br)cc1C(O)N(C)C. The highest BCUT2D eigenvalue weighted by atomic mass is 79.9. The number of methoxy groups -OCH3 is 1. The Morgan fingerprint density at radius 2 is 2.07 bits per heavy atom. The van der Waals surface area contributed by atoms with Gasteiger partial charge < -0.3 is 9.84 Å². The predicted octanol–water partition coefficient (Wildman–Crippen LogP) is 2.01. The minimum atomic E-state index is -0.651. The van der Waals surface area contributed by atoms with Crippen molar-refractivity contribution in [2.75, 3.05) is 21.2 Å². The number of halogens is 1. The van der Waals surface area contributed by atoms with Gasteiger partial charge in [-0.15, -0.1) is 0 Å². The molecule has 0 spiro atoms. The second-order valence-electron chi connectivity index (χ2n) is 3.22. The number of hydrogen-bond donors (Lipinski definition) is 1. The fourth-order valence-electron chi connectivity index (χ4n) is 1.19. The molecule has 1 atom stereocenters. The lowest BCUT2D eigenvalue weighted by Crippen LogP contribution is -2.19. The average Bonchev–Trinajstić information content (AvgIpc) is 2.16. The quantitative estimate of drug-likeness (QED) is 0.844. The molecular weight excluding hydrogens is 246 g/mol. The van der Waals surface area contributed by atoms with Gasteiger partial charge in [-0.05, 0) is 32.3 Å². The molecule has 0 saturated heterocycles. The molecule has 1 unspecified atom stereocenters. The van der Waals surface area contributed by atoms with E-state index in [1.807, 2.05) is 32.3 Å². The molecule has 3 nitrogen and oxygen atoms in total. The van der Waals surface area contributed by atoms with Crippen LogP contribution < -0.4 is 4.74 Å². The van der Waals surface area contributed by atoms with Gasteiger partial charge >= 0.3 is 0 Å². The van der Waals surface area contributed by atoms with Gasteiger partial charge in [-0.3, -0.25) is 4.90 Å². The maximum Gasteiger partial charge on any atom is 0.136 e. The number of aliphatic hydroxyl groups excluding tert-OH is 1. The molecule has 1 rings (SSSR count). The van der Waals surface area contributed by atoms with E-state index in [-0.39, 0.29) is 0 Å². The van der Waals surface area contributed by atoms with Gasteiger partial charge in [0.25, 0.3) is 0 Å². The van der Waals surface area contributed by atoms with Crippen molar-refractivity contribution in [3.05, 3.63) is 28.2 Å². The molecule has 0 amide bonds. The normalized spacial score (nSPS) is 13.0. The molecule has 0 aliphatic heterocycles. The van der Waals surface area contributed by atoms with Crippen LogP contribution in [-0.2, 0) is 0 Å². The van der Waals surface area contributed by atoms with Gasteiger partial charge in [-0.25, -0.2) is 0 Å². The molecule has 0 aliphatic carbocycles. The third-order valence-electron chi connectivity index (χ3n) is 1.96. The van der Waals surface area contributed by atoms with Crippen molar-refractivity contribution < 1.29 is 9.84 Å². The molecule has 0 aromatic heterocycles. The summed E-state index contributed by atoms with van der Waals surface area (Å²) in [5, 5.41) is 9.86. The Morgan fingerprint density at radius 3 is 2.57 bits per heavy atom. The standard InChI is InChI=1S/C10H14BrNO2/c1-12(2)10(13)8-6-7(11)4-5-9(8)14-3/h4-6,10,13H,1-3H3. The van der Waals surface area contributed by atoms with E-state index in [1.165, 1.54) is 0 Å². The molecule has 14 heavy (non-hydrogen) atoms. The second kappa shape index (κ2) is 4.77. The summed E-state index contributed by atoms with van der Waals surface area (Å²) >= 11 is 3.36. The maximum atomic E-state index is 9.86. The van der Waals surface area contributed by atoms with Crippen LogP contribution in [0.1, 0.15) is 11.8 Å². The van der Waals surface area contributed by atoms with Crippen molar-refractivity contribution in [3.8, 4) is 5.75 Å². The lowest BCUT2D eigenvalue weighted by atomic mass is 10.1.